The van der Waals surface area contributed by atoms with Gasteiger partial charge >= 0.3 is 0 Å². The quantitative estimate of drug-likeness (QED) is 0.779. The van der Waals surface area contributed by atoms with Crippen molar-refractivity contribution >= 4 is 17.1 Å². The van der Waals surface area contributed by atoms with E-state index in [1.807, 2.05) is 6.92 Å². The van der Waals surface area contributed by atoms with Gasteiger partial charge in [-0.3, -0.25) is 0 Å². The summed E-state index contributed by atoms with van der Waals surface area (Å²) in [5, 5.41) is 2.93. The molecule has 0 bridgehead atoms. The monoisotopic (exact) mass is 234 g/mol. The predicted octanol–water partition coefficient (Wildman–Crippen LogP) is 3.60. The summed E-state index contributed by atoms with van der Waals surface area (Å²) in [7, 11) is 0. The topological polar surface area (TPSA) is 38.0 Å². The Hall–Kier alpha value is -2.10. The second-order valence-electron chi connectivity index (χ2n) is 3.86. The summed E-state index contributed by atoms with van der Waals surface area (Å²) < 4.78 is 26.2. The summed E-state index contributed by atoms with van der Waals surface area (Å²) in [4.78, 5) is 0. The Bertz CT molecular complexity index is 533. The maximum Gasteiger partial charge on any atom is 0.127 e. The average Bonchev–Trinajstić information content (AvgIpc) is 2.22. The third-order valence-corrected chi connectivity index (χ3v) is 2.40. The molecule has 0 aliphatic carbocycles. The van der Waals surface area contributed by atoms with Crippen molar-refractivity contribution in [3.05, 3.63) is 53.6 Å². The van der Waals surface area contributed by atoms with Gasteiger partial charge < -0.3 is 11.1 Å². The van der Waals surface area contributed by atoms with E-state index in [-0.39, 0.29) is 5.82 Å². The summed E-state index contributed by atoms with van der Waals surface area (Å²) >= 11 is 0. The highest BCUT2D eigenvalue weighted by atomic mass is 19.1. The first-order valence-corrected chi connectivity index (χ1v) is 5.14. The van der Waals surface area contributed by atoms with Crippen LogP contribution < -0.4 is 11.1 Å². The van der Waals surface area contributed by atoms with Crippen LogP contribution in [0.1, 0.15) is 5.56 Å². The second-order valence-corrected chi connectivity index (χ2v) is 3.86. The standard InChI is InChI=1S/C13H12F2N2/c1-8-2-3-9(14)6-13(8)17-12-5-10(15)4-11(16)7-12/h2-7,17H,16H2,1H3. The summed E-state index contributed by atoms with van der Waals surface area (Å²) in [6.45, 7) is 1.84. The van der Waals surface area contributed by atoms with E-state index in [4.69, 9.17) is 5.73 Å². The normalized spacial score (nSPS) is 10.3. The molecule has 0 unspecified atom stereocenters. The molecule has 88 valence electrons. The fourth-order valence-corrected chi connectivity index (χ4v) is 1.57. The highest BCUT2D eigenvalue weighted by molar-refractivity contribution is 5.66. The fraction of sp³-hybridized carbons (Fsp3) is 0.0769. The SMILES string of the molecule is Cc1ccc(F)cc1Nc1cc(N)cc(F)c1. The summed E-state index contributed by atoms with van der Waals surface area (Å²) in [5.41, 5.74) is 7.81. The molecule has 0 heterocycles. The van der Waals surface area contributed by atoms with E-state index in [1.54, 1.807) is 12.1 Å². The number of hydrogen-bond donors (Lipinski definition) is 2. The molecule has 0 spiro atoms. The van der Waals surface area contributed by atoms with E-state index in [0.717, 1.165) is 5.56 Å². The maximum absolute atomic E-state index is 13.1. The third-order valence-electron chi connectivity index (χ3n) is 2.40. The zero-order valence-electron chi connectivity index (χ0n) is 9.30. The van der Waals surface area contributed by atoms with Crippen molar-refractivity contribution in [2.24, 2.45) is 0 Å². The summed E-state index contributed by atoms with van der Waals surface area (Å²) in [6.07, 6.45) is 0. The Labute approximate surface area is 98.1 Å². The lowest BCUT2D eigenvalue weighted by molar-refractivity contribution is 0.628. The minimum absolute atomic E-state index is 0.321. The lowest BCUT2D eigenvalue weighted by Crippen LogP contribution is -1.96. The minimum Gasteiger partial charge on any atom is -0.399 e. The first-order valence-electron chi connectivity index (χ1n) is 5.14. The summed E-state index contributed by atoms with van der Waals surface area (Å²) in [6, 6.07) is 8.51. The highest BCUT2D eigenvalue weighted by Crippen LogP contribution is 2.23. The molecule has 0 saturated heterocycles. The molecule has 0 aromatic heterocycles. The van der Waals surface area contributed by atoms with Crippen LogP contribution in [0.4, 0.5) is 25.8 Å². The third kappa shape index (κ3) is 2.72. The van der Waals surface area contributed by atoms with E-state index in [2.05, 4.69) is 5.32 Å². The van der Waals surface area contributed by atoms with Crippen LogP contribution in [0, 0.1) is 18.6 Å². The van der Waals surface area contributed by atoms with Crippen LogP contribution in [0.2, 0.25) is 0 Å². The predicted molar refractivity (Wildman–Crippen MR) is 65.2 cm³/mol. The van der Waals surface area contributed by atoms with Crippen molar-refractivity contribution < 1.29 is 8.78 Å². The second kappa shape index (κ2) is 4.41. The first-order chi connectivity index (χ1) is 8.04. The molecular weight excluding hydrogens is 222 g/mol. The largest absolute Gasteiger partial charge is 0.399 e. The first kappa shape index (κ1) is 11.4. The van der Waals surface area contributed by atoms with Gasteiger partial charge in [-0.2, -0.15) is 0 Å². The van der Waals surface area contributed by atoms with Crippen LogP contribution in [0.5, 0.6) is 0 Å². The zero-order valence-corrected chi connectivity index (χ0v) is 9.30. The lowest BCUT2D eigenvalue weighted by Gasteiger charge is -2.10. The van der Waals surface area contributed by atoms with Crippen LogP contribution >= 0.6 is 0 Å². The van der Waals surface area contributed by atoms with Crippen molar-refractivity contribution in [1.29, 1.82) is 0 Å². The minimum atomic E-state index is -0.429. The molecule has 2 aromatic carbocycles. The van der Waals surface area contributed by atoms with E-state index in [0.29, 0.717) is 17.1 Å². The fourth-order valence-electron chi connectivity index (χ4n) is 1.57. The number of anilines is 3. The van der Waals surface area contributed by atoms with Gasteiger partial charge in [-0.05, 0) is 42.8 Å². The van der Waals surface area contributed by atoms with Gasteiger partial charge in [0.15, 0.2) is 0 Å². The van der Waals surface area contributed by atoms with E-state index in [1.165, 1.54) is 24.3 Å². The van der Waals surface area contributed by atoms with Crippen molar-refractivity contribution in [2.45, 2.75) is 6.92 Å². The van der Waals surface area contributed by atoms with E-state index in [9.17, 15) is 8.78 Å². The molecule has 0 fully saturated rings. The van der Waals surface area contributed by atoms with Crippen LogP contribution in [0.25, 0.3) is 0 Å². The van der Waals surface area contributed by atoms with Gasteiger partial charge in [0.1, 0.15) is 11.6 Å². The molecule has 2 aromatic rings. The maximum atomic E-state index is 13.1. The van der Waals surface area contributed by atoms with E-state index < -0.39 is 5.82 Å². The molecule has 0 saturated carbocycles. The van der Waals surface area contributed by atoms with Crippen LogP contribution in [0.3, 0.4) is 0 Å². The molecule has 0 radical (unpaired) electrons. The van der Waals surface area contributed by atoms with Crippen molar-refractivity contribution in [3.63, 3.8) is 0 Å². The number of hydrogen-bond acceptors (Lipinski definition) is 2. The number of aryl methyl sites for hydroxylation is 1. The Balaban J connectivity index is 2.34. The Morgan fingerprint density at radius 3 is 2.47 bits per heavy atom. The van der Waals surface area contributed by atoms with Gasteiger partial charge in [-0.25, -0.2) is 8.78 Å². The Kier molecular flexibility index (Phi) is 2.95. The van der Waals surface area contributed by atoms with Gasteiger partial charge in [0.25, 0.3) is 0 Å². The number of rotatable bonds is 2. The summed E-state index contributed by atoms with van der Waals surface area (Å²) in [5.74, 6) is -0.774. The van der Waals surface area contributed by atoms with Gasteiger partial charge in [0.05, 0.1) is 0 Å². The molecule has 0 atom stereocenters. The van der Waals surface area contributed by atoms with Gasteiger partial charge in [-0.1, -0.05) is 6.07 Å². The van der Waals surface area contributed by atoms with Gasteiger partial charge in [0, 0.05) is 17.1 Å². The molecule has 0 aliphatic heterocycles. The number of nitrogen functional groups attached to an aromatic ring is 1. The van der Waals surface area contributed by atoms with Crippen LogP contribution in [-0.4, -0.2) is 0 Å². The van der Waals surface area contributed by atoms with Crippen molar-refractivity contribution in [1.82, 2.24) is 0 Å². The Morgan fingerprint density at radius 2 is 1.76 bits per heavy atom. The van der Waals surface area contributed by atoms with Gasteiger partial charge in [0.2, 0.25) is 0 Å². The highest BCUT2D eigenvalue weighted by Gasteiger charge is 2.03. The molecule has 0 amide bonds. The molecule has 17 heavy (non-hydrogen) atoms. The average molecular weight is 234 g/mol. The number of benzene rings is 2. The molecule has 4 heteroatoms. The van der Waals surface area contributed by atoms with Crippen LogP contribution in [-0.2, 0) is 0 Å². The van der Waals surface area contributed by atoms with Crippen molar-refractivity contribution in [2.75, 3.05) is 11.1 Å². The number of nitrogens with two attached hydrogens (primary N) is 1. The molecule has 2 rings (SSSR count). The zero-order chi connectivity index (χ0) is 12.4. The van der Waals surface area contributed by atoms with Crippen molar-refractivity contribution in [3.8, 4) is 0 Å². The lowest BCUT2D eigenvalue weighted by atomic mass is 10.2. The van der Waals surface area contributed by atoms with Crippen LogP contribution in [0.15, 0.2) is 36.4 Å². The smallest absolute Gasteiger partial charge is 0.127 e. The Morgan fingerprint density at radius 1 is 1.00 bits per heavy atom. The van der Waals surface area contributed by atoms with E-state index >= 15 is 0 Å². The van der Waals surface area contributed by atoms with Gasteiger partial charge in [-0.15, -0.1) is 0 Å². The molecule has 3 N–H and O–H groups in total. The molecular formula is C13H12F2N2. The number of nitrogens with one attached hydrogen (secondary N) is 1. The number of halogens is 2. The molecule has 0 aliphatic rings. The molecule has 2 nitrogen and oxygen atoms in total.